The number of carbonyl (C=O) groups excluding carboxylic acids is 1. The maximum absolute atomic E-state index is 12.6. The molecule has 0 aliphatic carbocycles. The van der Waals surface area contributed by atoms with Crippen LogP contribution in [0.25, 0.3) is 16.8 Å². The molecule has 0 aromatic heterocycles. The predicted octanol–water partition coefficient (Wildman–Crippen LogP) is 4.57. The Morgan fingerprint density at radius 1 is 0.962 bits per heavy atom. The van der Waals surface area contributed by atoms with Crippen LogP contribution in [0.2, 0.25) is 0 Å². The molecule has 3 aromatic rings. The van der Waals surface area contributed by atoms with Gasteiger partial charge in [0, 0.05) is 30.9 Å². The molecule has 130 valence electrons. The second-order valence-electron chi connectivity index (χ2n) is 6.68. The van der Waals surface area contributed by atoms with E-state index in [1.165, 1.54) is 10.8 Å². The summed E-state index contributed by atoms with van der Waals surface area (Å²) in [4.78, 5) is 14.5. The summed E-state index contributed by atoms with van der Waals surface area (Å²) in [6, 6.07) is 24.9. The van der Waals surface area contributed by atoms with Crippen LogP contribution in [0.5, 0.6) is 0 Å². The lowest BCUT2D eigenvalue weighted by Crippen LogP contribution is -2.30. The van der Waals surface area contributed by atoms with E-state index < -0.39 is 0 Å². The van der Waals surface area contributed by atoms with Gasteiger partial charge in [0.1, 0.15) is 0 Å². The summed E-state index contributed by atoms with van der Waals surface area (Å²) in [6.45, 7) is 1.54. The van der Waals surface area contributed by atoms with Gasteiger partial charge in [-0.25, -0.2) is 0 Å². The van der Waals surface area contributed by atoms with E-state index in [9.17, 15) is 4.79 Å². The molecular formula is C23H22N2O. The Labute approximate surface area is 154 Å². The zero-order valence-corrected chi connectivity index (χ0v) is 14.6. The molecule has 3 aromatic carbocycles. The maximum atomic E-state index is 12.6. The van der Waals surface area contributed by atoms with E-state index in [2.05, 4.69) is 41.7 Å². The number of nitrogens with zero attached hydrogens (tertiary/aromatic N) is 1. The van der Waals surface area contributed by atoms with Crippen LogP contribution in [0.3, 0.4) is 0 Å². The molecule has 26 heavy (non-hydrogen) atoms. The number of likely N-dealkylation sites (tertiary alicyclic amines) is 1. The van der Waals surface area contributed by atoms with Crippen LogP contribution in [-0.2, 0) is 4.79 Å². The van der Waals surface area contributed by atoms with E-state index in [0.29, 0.717) is 6.04 Å². The lowest BCUT2D eigenvalue weighted by atomic mass is 10.0. The first-order chi connectivity index (χ1) is 12.8. The zero-order chi connectivity index (χ0) is 17.8. The molecule has 0 bridgehead atoms. The minimum atomic E-state index is 0.0790. The van der Waals surface area contributed by atoms with Crippen LogP contribution in [0.15, 0.2) is 78.9 Å². The lowest BCUT2D eigenvalue weighted by Gasteiger charge is -2.16. The van der Waals surface area contributed by atoms with Gasteiger partial charge in [0.2, 0.25) is 5.91 Å². The van der Waals surface area contributed by atoms with Crippen LogP contribution in [-0.4, -0.2) is 29.9 Å². The number of fused-ring (bicyclic) bond motifs is 1. The third kappa shape index (κ3) is 3.62. The Balaban J connectivity index is 1.41. The molecule has 1 unspecified atom stereocenters. The molecule has 3 nitrogen and oxygen atoms in total. The van der Waals surface area contributed by atoms with Gasteiger partial charge in [-0.2, -0.15) is 0 Å². The Morgan fingerprint density at radius 3 is 2.62 bits per heavy atom. The largest absolute Gasteiger partial charge is 0.380 e. The number of para-hydroxylation sites is 1. The summed E-state index contributed by atoms with van der Waals surface area (Å²) in [5.41, 5.74) is 2.19. The van der Waals surface area contributed by atoms with Crippen LogP contribution in [0.1, 0.15) is 12.0 Å². The molecule has 1 heterocycles. The van der Waals surface area contributed by atoms with Gasteiger partial charge in [-0.3, -0.25) is 4.79 Å². The number of hydrogen-bond acceptors (Lipinski definition) is 2. The van der Waals surface area contributed by atoms with Crippen molar-refractivity contribution in [1.29, 1.82) is 0 Å². The average Bonchev–Trinajstić information content (AvgIpc) is 3.15. The lowest BCUT2D eigenvalue weighted by molar-refractivity contribution is -0.124. The van der Waals surface area contributed by atoms with Crippen LogP contribution >= 0.6 is 0 Å². The fourth-order valence-electron chi connectivity index (χ4n) is 3.51. The second kappa shape index (κ2) is 7.44. The Morgan fingerprint density at radius 2 is 1.73 bits per heavy atom. The molecule has 0 spiro atoms. The molecule has 0 saturated carbocycles. The predicted molar refractivity (Wildman–Crippen MR) is 108 cm³/mol. The summed E-state index contributed by atoms with van der Waals surface area (Å²) in [6.07, 6.45) is 4.61. The van der Waals surface area contributed by atoms with Gasteiger partial charge < -0.3 is 10.2 Å². The van der Waals surface area contributed by atoms with Crippen LogP contribution in [0.4, 0.5) is 5.69 Å². The summed E-state index contributed by atoms with van der Waals surface area (Å²) < 4.78 is 0. The average molecular weight is 342 g/mol. The van der Waals surface area contributed by atoms with Gasteiger partial charge in [-0.05, 0) is 41.0 Å². The number of carbonyl (C=O) groups is 1. The van der Waals surface area contributed by atoms with Gasteiger partial charge in [-0.15, -0.1) is 0 Å². The van der Waals surface area contributed by atoms with Gasteiger partial charge in [0.15, 0.2) is 0 Å². The summed E-state index contributed by atoms with van der Waals surface area (Å²) in [7, 11) is 0. The van der Waals surface area contributed by atoms with Crippen molar-refractivity contribution in [3.05, 3.63) is 84.4 Å². The summed E-state index contributed by atoms with van der Waals surface area (Å²) >= 11 is 0. The summed E-state index contributed by atoms with van der Waals surface area (Å²) in [5, 5.41) is 5.87. The first-order valence-corrected chi connectivity index (χ1v) is 9.06. The standard InChI is InChI=1S/C23H22N2O/c26-23(14-13-19-9-6-8-18-7-4-5-12-22(18)19)25-16-15-21(17-25)24-20-10-2-1-3-11-20/h1-14,21,24H,15-17H2/b14-13+. The third-order valence-corrected chi connectivity index (χ3v) is 4.87. The van der Waals surface area contributed by atoms with Crippen molar-refractivity contribution in [2.45, 2.75) is 12.5 Å². The van der Waals surface area contributed by atoms with E-state index in [0.717, 1.165) is 30.8 Å². The highest BCUT2D eigenvalue weighted by molar-refractivity contribution is 5.96. The van der Waals surface area contributed by atoms with Crippen LogP contribution in [0, 0.1) is 0 Å². The zero-order valence-electron chi connectivity index (χ0n) is 14.6. The number of rotatable bonds is 4. The molecule has 3 heteroatoms. The van der Waals surface area contributed by atoms with Gasteiger partial charge in [0.05, 0.1) is 0 Å². The number of hydrogen-bond donors (Lipinski definition) is 1. The topological polar surface area (TPSA) is 32.3 Å². The van der Waals surface area contributed by atoms with E-state index in [-0.39, 0.29) is 5.91 Å². The van der Waals surface area contributed by atoms with E-state index in [1.54, 1.807) is 6.08 Å². The minimum absolute atomic E-state index is 0.0790. The Bertz CT molecular complexity index is 928. The first-order valence-electron chi connectivity index (χ1n) is 9.06. The van der Waals surface area contributed by atoms with Crippen molar-refractivity contribution in [2.24, 2.45) is 0 Å². The molecule has 1 saturated heterocycles. The quantitative estimate of drug-likeness (QED) is 0.705. The maximum Gasteiger partial charge on any atom is 0.246 e. The number of benzene rings is 3. The normalized spacial score (nSPS) is 17.1. The molecule has 1 N–H and O–H groups in total. The third-order valence-electron chi connectivity index (χ3n) is 4.87. The molecule has 4 rings (SSSR count). The molecule has 1 aliphatic rings. The van der Waals surface area contributed by atoms with E-state index >= 15 is 0 Å². The van der Waals surface area contributed by atoms with Crippen molar-refractivity contribution in [3.8, 4) is 0 Å². The highest BCUT2D eigenvalue weighted by atomic mass is 16.2. The fourth-order valence-corrected chi connectivity index (χ4v) is 3.51. The van der Waals surface area contributed by atoms with Gasteiger partial charge in [-0.1, -0.05) is 60.7 Å². The summed E-state index contributed by atoms with van der Waals surface area (Å²) in [5.74, 6) is 0.0790. The van der Waals surface area contributed by atoms with Crippen molar-refractivity contribution in [1.82, 2.24) is 4.90 Å². The van der Waals surface area contributed by atoms with Crippen LogP contribution < -0.4 is 5.32 Å². The molecule has 1 aliphatic heterocycles. The van der Waals surface area contributed by atoms with Crippen molar-refractivity contribution in [2.75, 3.05) is 18.4 Å². The number of nitrogens with one attached hydrogen (secondary N) is 1. The SMILES string of the molecule is O=C(/C=C/c1cccc2ccccc12)N1CCC(Nc2ccccc2)C1. The van der Waals surface area contributed by atoms with Crippen molar-refractivity contribution < 1.29 is 4.79 Å². The van der Waals surface area contributed by atoms with Gasteiger partial charge >= 0.3 is 0 Å². The smallest absolute Gasteiger partial charge is 0.246 e. The minimum Gasteiger partial charge on any atom is -0.380 e. The Hall–Kier alpha value is -3.07. The number of anilines is 1. The highest BCUT2D eigenvalue weighted by Gasteiger charge is 2.24. The van der Waals surface area contributed by atoms with Crippen molar-refractivity contribution in [3.63, 3.8) is 0 Å². The molecule has 1 amide bonds. The Kier molecular flexibility index (Phi) is 4.69. The number of amides is 1. The van der Waals surface area contributed by atoms with Crippen molar-refractivity contribution >= 4 is 28.4 Å². The molecule has 0 radical (unpaired) electrons. The fraction of sp³-hybridized carbons (Fsp3) is 0.174. The molecule has 1 atom stereocenters. The highest BCUT2D eigenvalue weighted by Crippen LogP contribution is 2.20. The van der Waals surface area contributed by atoms with Gasteiger partial charge in [0.25, 0.3) is 0 Å². The molecule has 1 fully saturated rings. The first kappa shape index (κ1) is 16.4. The van der Waals surface area contributed by atoms with E-state index in [4.69, 9.17) is 0 Å². The molecular weight excluding hydrogens is 320 g/mol. The second-order valence-corrected chi connectivity index (χ2v) is 6.68. The van der Waals surface area contributed by atoms with E-state index in [1.807, 2.05) is 47.4 Å². The monoisotopic (exact) mass is 342 g/mol.